The molecule has 1 aliphatic carbocycles. The topological polar surface area (TPSA) is 23.6 Å². The highest BCUT2D eigenvalue weighted by Gasteiger charge is 2.32. The van der Waals surface area contributed by atoms with Gasteiger partial charge in [0.25, 0.3) is 0 Å². The first-order valence-electron chi connectivity index (χ1n) is 10.4. The molecule has 1 saturated heterocycles. The molecule has 3 heteroatoms. The first-order chi connectivity index (χ1) is 13.2. The van der Waals surface area contributed by atoms with Crippen molar-refractivity contribution in [3.05, 3.63) is 70.8 Å². The molecule has 142 valence electrons. The lowest BCUT2D eigenvalue weighted by molar-refractivity contribution is -0.137. The van der Waals surface area contributed by atoms with E-state index < -0.39 is 0 Å². The second-order valence-electron chi connectivity index (χ2n) is 7.97. The molecule has 0 bridgehead atoms. The third-order valence-corrected chi connectivity index (χ3v) is 6.39. The predicted molar refractivity (Wildman–Crippen MR) is 110 cm³/mol. The van der Waals surface area contributed by atoms with Crippen LogP contribution in [0.3, 0.4) is 0 Å². The monoisotopic (exact) mass is 362 g/mol. The van der Waals surface area contributed by atoms with Crippen LogP contribution in [0.15, 0.2) is 48.5 Å². The van der Waals surface area contributed by atoms with Gasteiger partial charge >= 0.3 is 0 Å². The zero-order valence-corrected chi connectivity index (χ0v) is 16.5. The SMILES string of the molecule is CC[C@@H](C)C(=O)N1CCN(C2c3ccccc3CCc3ccccc32)CC1. The zero-order chi connectivity index (χ0) is 18.8. The van der Waals surface area contributed by atoms with E-state index in [2.05, 4.69) is 65.3 Å². The number of hydrogen-bond acceptors (Lipinski definition) is 2. The first kappa shape index (κ1) is 18.2. The molecule has 0 saturated carbocycles. The standard InChI is InChI=1S/C24H30N2O/c1-3-18(2)24(27)26-16-14-25(15-17-26)23-21-10-6-4-8-19(21)12-13-20-9-5-7-11-22(20)23/h4-11,18,23H,3,12-17H2,1-2H3/t18-/m1/s1. The summed E-state index contributed by atoms with van der Waals surface area (Å²) in [4.78, 5) is 17.2. The molecule has 3 nitrogen and oxygen atoms in total. The van der Waals surface area contributed by atoms with E-state index in [4.69, 9.17) is 0 Å². The molecule has 2 aliphatic rings. The fraction of sp³-hybridized carbons (Fsp3) is 0.458. The number of carbonyl (C=O) groups is 1. The van der Waals surface area contributed by atoms with Crippen LogP contribution in [0.1, 0.15) is 48.6 Å². The number of amides is 1. The highest BCUT2D eigenvalue weighted by atomic mass is 16.2. The minimum Gasteiger partial charge on any atom is -0.340 e. The van der Waals surface area contributed by atoms with Gasteiger partial charge in [0.05, 0.1) is 6.04 Å². The maximum Gasteiger partial charge on any atom is 0.225 e. The summed E-state index contributed by atoms with van der Waals surface area (Å²) in [6.45, 7) is 7.70. The van der Waals surface area contributed by atoms with Gasteiger partial charge in [-0.05, 0) is 41.5 Å². The van der Waals surface area contributed by atoms with Gasteiger partial charge in [-0.1, -0.05) is 62.4 Å². The Hall–Kier alpha value is -2.13. The number of fused-ring (bicyclic) bond motifs is 2. The zero-order valence-electron chi connectivity index (χ0n) is 16.5. The number of benzene rings is 2. The molecule has 0 unspecified atom stereocenters. The van der Waals surface area contributed by atoms with Gasteiger partial charge in [0.2, 0.25) is 5.91 Å². The Morgan fingerprint density at radius 3 is 1.96 bits per heavy atom. The molecule has 1 atom stereocenters. The van der Waals surface area contributed by atoms with Crippen molar-refractivity contribution < 1.29 is 4.79 Å². The summed E-state index contributed by atoms with van der Waals surface area (Å²) in [6, 6.07) is 18.2. The number of rotatable bonds is 3. The van der Waals surface area contributed by atoms with Crippen LogP contribution in [-0.2, 0) is 17.6 Å². The first-order valence-corrected chi connectivity index (χ1v) is 10.4. The Kier molecular flexibility index (Phi) is 5.31. The summed E-state index contributed by atoms with van der Waals surface area (Å²) >= 11 is 0. The maximum atomic E-state index is 12.6. The second-order valence-corrected chi connectivity index (χ2v) is 7.97. The van der Waals surface area contributed by atoms with Crippen molar-refractivity contribution in [3.63, 3.8) is 0 Å². The van der Waals surface area contributed by atoms with Gasteiger partial charge in [-0.15, -0.1) is 0 Å². The van der Waals surface area contributed by atoms with Crippen LogP contribution in [0.25, 0.3) is 0 Å². The van der Waals surface area contributed by atoms with E-state index in [1.807, 2.05) is 6.92 Å². The van der Waals surface area contributed by atoms with Gasteiger partial charge in [-0.2, -0.15) is 0 Å². The van der Waals surface area contributed by atoms with Gasteiger partial charge in [-0.3, -0.25) is 9.69 Å². The van der Waals surface area contributed by atoms with E-state index in [1.54, 1.807) is 0 Å². The molecule has 0 N–H and O–H groups in total. The number of carbonyl (C=O) groups excluding carboxylic acids is 1. The van der Waals surface area contributed by atoms with Crippen LogP contribution in [-0.4, -0.2) is 41.9 Å². The van der Waals surface area contributed by atoms with Crippen LogP contribution in [0, 0.1) is 5.92 Å². The fourth-order valence-electron chi connectivity index (χ4n) is 4.57. The second kappa shape index (κ2) is 7.85. The van der Waals surface area contributed by atoms with E-state index in [0.717, 1.165) is 45.4 Å². The van der Waals surface area contributed by atoms with Crippen molar-refractivity contribution in [2.24, 2.45) is 5.92 Å². The third-order valence-electron chi connectivity index (χ3n) is 6.39. The molecule has 27 heavy (non-hydrogen) atoms. The Morgan fingerprint density at radius 1 is 0.926 bits per heavy atom. The molecule has 4 rings (SSSR count). The lowest BCUT2D eigenvalue weighted by Gasteiger charge is -2.41. The average molecular weight is 363 g/mol. The quantitative estimate of drug-likeness (QED) is 0.822. The van der Waals surface area contributed by atoms with Crippen molar-refractivity contribution in [2.75, 3.05) is 26.2 Å². The smallest absolute Gasteiger partial charge is 0.225 e. The summed E-state index contributed by atoms with van der Waals surface area (Å²) in [6.07, 6.45) is 3.13. The molecule has 1 fully saturated rings. The Labute approximate surface area is 163 Å². The molecule has 1 heterocycles. The van der Waals surface area contributed by atoms with Crippen LogP contribution in [0.2, 0.25) is 0 Å². The van der Waals surface area contributed by atoms with E-state index >= 15 is 0 Å². The maximum absolute atomic E-state index is 12.6. The van der Waals surface area contributed by atoms with Gasteiger partial charge in [-0.25, -0.2) is 0 Å². The normalized spacial score (nSPS) is 19.1. The number of hydrogen-bond donors (Lipinski definition) is 0. The summed E-state index contributed by atoms with van der Waals surface area (Å²) in [5, 5.41) is 0. The van der Waals surface area contributed by atoms with Crippen molar-refractivity contribution in [2.45, 2.75) is 39.2 Å². The molecule has 0 radical (unpaired) electrons. The minimum absolute atomic E-state index is 0.135. The van der Waals surface area contributed by atoms with Gasteiger partial charge in [0.1, 0.15) is 0 Å². The predicted octanol–water partition coefficient (Wildman–Crippen LogP) is 4.06. The van der Waals surface area contributed by atoms with Gasteiger partial charge < -0.3 is 4.90 Å². The molecule has 0 spiro atoms. The summed E-state index contributed by atoms with van der Waals surface area (Å²) in [5.74, 6) is 0.453. The molecular formula is C24H30N2O. The summed E-state index contributed by atoms with van der Waals surface area (Å²) in [7, 11) is 0. The van der Waals surface area contributed by atoms with Crippen molar-refractivity contribution >= 4 is 5.91 Å². The Morgan fingerprint density at radius 2 is 1.44 bits per heavy atom. The molecular weight excluding hydrogens is 332 g/mol. The lowest BCUT2D eigenvalue weighted by atomic mass is 9.92. The Bertz CT molecular complexity index is 760. The highest BCUT2D eigenvalue weighted by Crippen LogP contribution is 2.37. The van der Waals surface area contributed by atoms with Crippen LogP contribution in [0.4, 0.5) is 0 Å². The van der Waals surface area contributed by atoms with Crippen molar-refractivity contribution in [1.82, 2.24) is 9.80 Å². The van der Waals surface area contributed by atoms with E-state index in [9.17, 15) is 4.79 Å². The average Bonchev–Trinajstić information content (AvgIpc) is 2.89. The fourth-order valence-corrected chi connectivity index (χ4v) is 4.57. The Balaban J connectivity index is 1.61. The van der Waals surface area contributed by atoms with E-state index in [0.29, 0.717) is 11.9 Å². The summed E-state index contributed by atoms with van der Waals surface area (Å²) < 4.78 is 0. The number of aryl methyl sites for hydroxylation is 2. The lowest BCUT2D eigenvalue weighted by Crippen LogP contribution is -2.51. The number of nitrogens with zero attached hydrogens (tertiary/aromatic N) is 2. The van der Waals surface area contributed by atoms with Crippen LogP contribution < -0.4 is 0 Å². The highest BCUT2D eigenvalue weighted by molar-refractivity contribution is 5.78. The van der Waals surface area contributed by atoms with Gasteiger partial charge in [0.15, 0.2) is 0 Å². The third kappa shape index (κ3) is 3.53. The van der Waals surface area contributed by atoms with E-state index in [1.165, 1.54) is 22.3 Å². The van der Waals surface area contributed by atoms with Crippen molar-refractivity contribution in [1.29, 1.82) is 0 Å². The van der Waals surface area contributed by atoms with E-state index in [-0.39, 0.29) is 5.92 Å². The van der Waals surface area contributed by atoms with Gasteiger partial charge in [0, 0.05) is 32.1 Å². The minimum atomic E-state index is 0.135. The number of piperazine rings is 1. The molecule has 1 amide bonds. The molecule has 2 aromatic rings. The molecule has 2 aromatic carbocycles. The summed E-state index contributed by atoms with van der Waals surface area (Å²) in [5.41, 5.74) is 5.84. The van der Waals surface area contributed by atoms with Crippen LogP contribution in [0.5, 0.6) is 0 Å². The van der Waals surface area contributed by atoms with Crippen LogP contribution >= 0.6 is 0 Å². The molecule has 1 aliphatic heterocycles. The largest absolute Gasteiger partial charge is 0.340 e. The molecule has 0 aromatic heterocycles. The van der Waals surface area contributed by atoms with Crippen molar-refractivity contribution in [3.8, 4) is 0 Å².